The Bertz CT molecular complexity index is 951. The summed E-state index contributed by atoms with van der Waals surface area (Å²) in [6.45, 7) is 7.25. The Labute approximate surface area is 173 Å². The van der Waals surface area contributed by atoms with E-state index in [-0.39, 0.29) is 6.10 Å². The molecular formula is C26H29NO2. The quantitative estimate of drug-likeness (QED) is 0.688. The average molecular weight is 388 g/mol. The molecule has 0 saturated carbocycles. The SMILES string of the molecule is CC1=CCOC(C)=C1c1ccc(O[C@H]2c3ccccc3C[C@@H]2N2CCCC2)cc1. The standard InChI is InChI=1S/C26H29NO2/c1-18-13-16-28-19(2)25(18)20-9-11-22(12-10-20)29-26-23-8-4-3-7-21(23)17-24(26)27-14-5-6-15-27/h3-4,7-13,24,26H,5-6,14-17H2,1-2H3/t24-,26-/m0/s1. The van der Waals surface area contributed by atoms with Crippen molar-refractivity contribution in [3.8, 4) is 5.75 Å². The minimum Gasteiger partial charge on any atom is -0.494 e. The molecule has 29 heavy (non-hydrogen) atoms. The van der Waals surface area contributed by atoms with Crippen LogP contribution in [0.15, 0.2) is 65.9 Å². The molecule has 3 nitrogen and oxygen atoms in total. The first kappa shape index (κ1) is 18.5. The molecule has 0 radical (unpaired) electrons. The van der Waals surface area contributed by atoms with Crippen molar-refractivity contribution in [2.45, 2.75) is 45.3 Å². The minimum atomic E-state index is 0.107. The van der Waals surface area contributed by atoms with Gasteiger partial charge in [-0.15, -0.1) is 0 Å². The molecule has 0 aromatic heterocycles. The number of hydrogen-bond acceptors (Lipinski definition) is 3. The molecule has 5 rings (SSSR count). The zero-order valence-corrected chi connectivity index (χ0v) is 17.4. The van der Waals surface area contributed by atoms with Crippen molar-refractivity contribution < 1.29 is 9.47 Å². The van der Waals surface area contributed by atoms with E-state index in [0.29, 0.717) is 12.6 Å². The molecule has 0 bridgehead atoms. The highest BCUT2D eigenvalue weighted by Crippen LogP contribution is 2.39. The predicted octanol–water partition coefficient (Wildman–Crippen LogP) is 5.53. The summed E-state index contributed by atoms with van der Waals surface area (Å²) >= 11 is 0. The van der Waals surface area contributed by atoms with E-state index < -0.39 is 0 Å². The third kappa shape index (κ3) is 3.49. The van der Waals surface area contributed by atoms with Gasteiger partial charge in [0.05, 0.1) is 6.04 Å². The molecule has 0 spiro atoms. The predicted molar refractivity (Wildman–Crippen MR) is 117 cm³/mol. The van der Waals surface area contributed by atoms with Crippen molar-refractivity contribution in [2.24, 2.45) is 0 Å². The Kier molecular flexibility index (Phi) is 4.92. The number of nitrogens with zero attached hydrogens (tertiary/aromatic N) is 1. The number of likely N-dealkylation sites (tertiary alicyclic amines) is 1. The summed E-state index contributed by atoms with van der Waals surface area (Å²) < 4.78 is 12.3. The Morgan fingerprint density at radius 1 is 0.966 bits per heavy atom. The fraction of sp³-hybridized carbons (Fsp3) is 0.385. The molecule has 2 aliphatic heterocycles. The summed E-state index contributed by atoms with van der Waals surface area (Å²) in [6, 6.07) is 17.8. The van der Waals surface area contributed by atoms with Gasteiger partial charge in [-0.05, 0) is 86.7 Å². The molecule has 150 valence electrons. The van der Waals surface area contributed by atoms with E-state index in [9.17, 15) is 0 Å². The normalized spacial score (nSPS) is 24.3. The number of benzene rings is 2. The monoisotopic (exact) mass is 387 g/mol. The van der Waals surface area contributed by atoms with Crippen LogP contribution < -0.4 is 4.74 Å². The molecular weight excluding hydrogens is 358 g/mol. The van der Waals surface area contributed by atoms with E-state index in [0.717, 1.165) is 17.9 Å². The van der Waals surface area contributed by atoms with Crippen molar-refractivity contribution in [3.05, 3.63) is 82.6 Å². The van der Waals surface area contributed by atoms with Gasteiger partial charge in [0.2, 0.25) is 0 Å². The second-order valence-electron chi connectivity index (χ2n) is 8.41. The van der Waals surface area contributed by atoms with Gasteiger partial charge in [-0.25, -0.2) is 0 Å². The van der Waals surface area contributed by atoms with Crippen molar-refractivity contribution >= 4 is 5.57 Å². The second kappa shape index (κ2) is 7.72. The van der Waals surface area contributed by atoms with Crippen molar-refractivity contribution in [1.82, 2.24) is 4.90 Å². The van der Waals surface area contributed by atoms with E-state index in [1.54, 1.807) is 0 Å². The van der Waals surface area contributed by atoms with Crippen LogP contribution in [0.3, 0.4) is 0 Å². The van der Waals surface area contributed by atoms with E-state index in [2.05, 4.69) is 66.4 Å². The number of hydrogen-bond donors (Lipinski definition) is 0. The Hall–Kier alpha value is -2.52. The maximum Gasteiger partial charge on any atom is 0.140 e. The van der Waals surface area contributed by atoms with Gasteiger partial charge in [0.25, 0.3) is 0 Å². The van der Waals surface area contributed by atoms with Gasteiger partial charge in [0.1, 0.15) is 24.2 Å². The molecule has 2 aromatic carbocycles. The molecule has 1 fully saturated rings. The van der Waals surface area contributed by atoms with Gasteiger partial charge in [0, 0.05) is 5.57 Å². The lowest BCUT2D eigenvalue weighted by Gasteiger charge is -2.30. The van der Waals surface area contributed by atoms with E-state index in [4.69, 9.17) is 9.47 Å². The lowest BCUT2D eigenvalue weighted by molar-refractivity contribution is 0.0941. The van der Waals surface area contributed by atoms with Crippen molar-refractivity contribution in [2.75, 3.05) is 19.7 Å². The van der Waals surface area contributed by atoms with Gasteiger partial charge >= 0.3 is 0 Å². The van der Waals surface area contributed by atoms with Crippen molar-refractivity contribution in [3.63, 3.8) is 0 Å². The van der Waals surface area contributed by atoms with Crippen LogP contribution in [0.5, 0.6) is 5.75 Å². The highest BCUT2D eigenvalue weighted by atomic mass is 16.5. The van der Waals surface area contributed by atoms with Gasteiger partial charge in [-0.1, -0.05) is 36.4 Å². The molecule has 2 heterocycles. The van der Waals surface area contributed by atoms with Crippen LogP contribution in [0.2, 0.25) is 0 Å². The molecule has 1 aliphatic carbocycles. The molecule has 3 heteroatoms. The zero-order chi connectivity index (χ0) is 19.8. The van der Waals surface area contributed by atoms with E-state index in [1.807, 2.05) is 6.92 Å². The van der Waals surface area contributed by atoms with Gasteiger partial charge in [0.15, 0.2) is 0 Å². The fourth-order valence-corrected chi connectivity index (χ4v) is 5.09. The first-order valence-corrected chi connectivity index (χ1v) is 10.8. The third-order valence-electron chi connectivity index (χ3n) is 6.59. The highest BCUT2D eigenvalue weighted by molar-refractivity contribution is 5.80. The largest absolute Gasteiger partial charge is 0.494 e. The lowest BCUT2D eigenvalue weighted by Crippen LogP contribution is -2.38. The van der Waals surface area contributed by atoms with Crippen LogP contribution >= 0.6 is 0 Å². The van der Waals surface area contributed by atoms with E-state index in [1.165, 1.54) is 53.8 Å². The topological polar surface area (TPSA) is 21.7 Å². The summed E-state index contributed by atoms with van der Waals surface area (Å²) in [7, 11) is 0. The van der Waals surface area contributed by atoms with Crippen LogP contribution in [0.25, 0.3) is 5.57 Å². The summed E-state index contributed by atoms with van der Waals surface area (Å²) in [5, 5.41) is 0. The summed E-state index contributed by atoms with van der Waals surface area (Å²) in [5.74, 6) is 1.94. The summed E-state index contributed by atoms with van der Waals surface area (Å²) in [4.78, 5) is 2.63. The molecule has 0 amide bonds. The second-order valence-corrected chi connectivity index (χ2v) is 8.41. The number of rotatable bonds is 4. The summed E-state index contributed by atoms with van der Waals surface area (Å²) in [6.07, 6.45) is 5.94. The summed E-state index contributed by atoms with van der Waals surface area (Å²) in [5.41, 5.74) is 6.45. The van der Waals surface area contributed by atoms with Crippen LogP contribution in [0.1, 0.15) is 49.5 Å². The van der Waals surface area contributed by atoms with Gasteiger partial charge in [-0.3, -0.25) is 4.90 Å². The van der Waals surface area contributed by atoms with Gasteiger partial charge in [-0.2, -0.15) is 0 Å². The average Bonchev–Trinajstić information content (AvgIpc) is 3.37. The fourth-order valence-electron chi connectivity index (χ4n) is 5.09. The van der Waals surface area contributed by atoms with Crippen LogP contribution in [-0.4, -0.2) is 30.6 Å². The molecule has 2 atom stereocenters. The third-order valence-corrected chi connectivity index (χ3v) is 6.59. The van der Waals surface area contributed by atoms with Crippen LogP contribution in [-0.2, 0) is 11.2 Å². The first-order chi connectivity index (χ1) is 14.2. The number of fused-ring (bicyclic) bond motifs is 1. The van der Waals surface area contributed by atoms with Gasteiger partial charge < -0.3 is 9.47 Å². The Balaban J connectivity index is 1.40. The van der Waals surface area contributed by atoms with Crippen molar-refractivity contribution in [1.29, 1.82) is 0 Å². The van der Waals surface area contributed by atoms with Crippen LogP contribution in [0.4, 0.5) is 0 Å². The highest BCUT2D eigenvalue weighted by Gasteiger charge is 2.38. The first-order valence-electron chi connectivity index (χ1n) is 10.8. The molecule has 0 N–H and O–H groups in total. The molecule has 3 aliphatic rings. The lowest BCUT2D eigenvalue weighted by atomic mass is 9.96. The maximum absolute atomic E-state index is 6.62. The smallest absolute Gasteiger partial charge is 0.140 e. The molecule has 2 aromatic rings. The van der Waals surface area contributed by atoms with Crippen LogP contribution in [0, 0.1) is 0 Å². The number of ether oxygens (including phenoxy) is 2. The Morgan fingerprint density at radius 3 is 2.48 bits per heavy atom. The zero-order valence-electron chi connectivity index (χ0n) is 17.4. The molecule has 1 saturated heterocycles. The maximum atomic E-state index is 6.62. The number of allylic oxidation sites excluding steroid dienone is 3. The minimum absolute atomic E-state index is 0.107. The van der Waals surface area contributed by atoms with E-state index >= 15 is 0 Å². The molecule has 0 unspecified atom stereocenters. The Morgan fingerprint density at radius 2 is 1.72 bits per heavy atom.